The van der Waals surface area contributed by atoms with E-state index in [1.807, 2.05) is 49.5 Å². The fraction of sp³-hybridized carbons (Fsp3) is 0.321. The molecule has 0 saturated heterocycles. The van der Waals surface area contributed by atoms with Gasteiger partial charge in [0, 0.05) is 42.5 Å². The number of fused-ring (bicyclic) bond motifs is 2. The van der Waals surface area contributed by atoms with E-state index in [0.29, 0.717) is 49.6 Å². The molecule has 1 amide bonds. The van der Waals surface area contributed by atoms with Crippen LogP contribution in [0.25, 0.3) is 11.0 Å². The van der Waals surface area contributed by atoms with E-state index in [1.54, 1.807) is 28.8 Å². The van der Waals surface area contributed by atoms with Crippen LogP contribution in [0.2, 0.25) is 0 Å². The summed E-state index contributed by atoms with van der Waals surface area (Å²) in [5.41, 5.74) is 2.16. The van der Waals surface area contributed by atoms with E-state index >= 15 is 0 Å². The van der Waals surface area contributed by atoms with E-state index in [0.717, 1.165) is 22.1 Å². The maximum absolute atomic E-state index is 13.3. The van der Waals surface area contributed by atoms with Crippen LogP contribution >= 0.6 is 0 Å². The average Bonchev–Trinajstić information content (AvgIpc) is 3.27. The summed E-state index contributed by atoms with van der Waals surface area (Å²) in [6.45, 7) is 5.44. The van der Waals surface area contributed by atoms with Crippen LogP contribution in [0, 0.1) is 6.92 Å². The number of aliphatic hydroxyl groups is 1. The molecule has 0 saturated carbocycles. The van der Waals surface area contributed by atoms with Crippen LogP contribution in [-0.2, 0) is 29.9 Å². The molecular weight excluding hydrogens is 458 g/mol. The van der Waals surface area contributed by atoms with E-state index in [1.165, 1.54) is 6.07 Å². The van der Waals surface area contributed by atoms with Crippen molar-refractivity contribution in [2.24, 2.45) is 0 Å². The molecule has 0 bridgehead atoms. The predicted molar refractivity (Wildman–Crippen MR) is 135 cm³/mol. The Morgan fingerprint density at radius 3 is 2.86 bits per heavy atom. The van der Waals surface area contributed by atoms with Crippen molar-refractivity contribution in [3.8, 4) is 5.75 Å². The molecule has 0 aliphatic carbocycles. The van der Waals surface area contributed by atoms with Crippen molar-refractivity contribution < 1.29 is 19.1 Å². The molecule has 1 N–H and O–H groups in total. The van der Waals surface area contributed by atoms with Gasteiger partial charge in [0.05, 0.1) is 18.6 Å². The lowest BCUT2D eigenvalue weighted by Gasteiger charge is -2.25. The van der Waals surface area contributed by atoms with Gasteiger partial charge in [-0.1, -0.05) is 18.2 Å². The zero-order chi connectivity index (χ0) is 25.3. The summed E-state index contributed by atoms with van der Waals surface area (Å²) in [5, 5.41) is 16.1. The van der Waals surface area contributed by atoms with Crippen molar-refractivity contribution in [1.29, 1.82) is 0 Å². The highest BCUT2D eigenvalue weighted by atomic mass is 16.5. The topological polar surface area (TPSA) is 97.8 Å². The molecule has 186 valence electrons. The Hall–Kier alpha value is -3.91. The lowest BCUT2D eigenvalue weighted by atomic mass is 9.91. The predicted octanol–water partition coefficient (Wildman–Crippen LogP) is 3.56. The molecule has 3 heterocycles. The summed E-state index contributed by atoms with van der Waals surface area (Å²) in [5.74, 6) is 0.605. The molecule has 0 spiro atoms. The van der Waals surface area contributed by atoms with Gasteiger partial charge in [0.25, 0.3) is 0 Å². The number of ether oxygens (including phenoxy) is 1. The molecule has 0 fully saturated rings. The molecule has 5 rings (SSSR count). The largest absolute Gasteiger partial charge is 0.491 e. The van der Waals surface area contributed by atoms with Crippen molar-refractivity contribution in [2.75, 3.05) is 13.2 Å². The second-order valence-corrected chi connectivity index (χ2v) is 9.55. The second-order valence-electron chi connectivity index (χ2n) is 9.55. The maximum Gasteiger partial charge on any atom is 0.336 e. The SMILES string of the molecule is Cc1ccc2c(CC(=O)N3CCOc4ccc(C(C)(O)CCn5cccn5)cc4C3)cc(=O)oc2c1. The number of carbonyl (C=O) groups excluding carboxylic acids is 1. The van der Waals surface area contributed by atoms with Gasteiger partial charge in [-0.15, -0.1) is 0 Å². The Balaban J connectivity index is 1.36. The Labute approximate surface area is 208 Å². The molecule has 8 nitrogen and oxygen atoms in total. The van der Waals surface area contributed by atoms with Gasteiger partial charge >= 0.3 is 5.63 Å². The molecule has 0 radical (unpaired) electrons. The summed E-state index contributed by atoms with van der Waals surface area (Å²) in [6, 6.07) is 14.5. The van der Waals surface area contributed by atoms with Crippen molar-refractivity contribution >= 4 is 16.9 Å². The number of aromatic nitrogens is 2. The van der Waals surface area contributed by atoms with Gasteiger partial charge in [-0.05, 0) is 61.2 Å². The first-order valence-corrected chi connectivity index (χ1v) is 12.1. The van der Waals surface area contributed by atoms with Crippen LogP contribution in [0.15, 0.2) is 70.1 Å². The third-order valence-electron chi connectivity index (χ3n) is 6.73. The van der Waals surface area contributed by atoms with Crippen molar-refractivity contribution in [2.45, 2.75) is 45.4 Å². The van der Waals surface area contributed by atoms with Gasteiger partial charge in [0.2, 0.25) is 5.91 Å². The van der Waals surface area contributed by atoms with Crippen LogP contribution in [0.1, 0.15) is 35.6 Å². The fourth-order valence-corrected chi connectivity index (χ4v) is 4.61. The first kappa shape index (κ1) is 23.8. The first-order chi connectivity index (χ1) is 17.3. The highest BCUT2D eigenvalue weighted by Crippen LogP contribution is 2.32. The lowest BCUT2D eigenvalue weighted by Crippen LogP contribution is -2.34. The molecule has 36 heavy (non-hydrogen) atoms. The third kappa shape index (κ3) is 5.04. The molecule has 1 aliphatic heterocycles. The van der Waals surface area contributed by atoms with Gasteiger partial charge in [0.1, 0.15) is 17.9 Å². The Kier molecular flexibility index (Phi) is 6.36. The van der Waals surface area contributed by atoms with Gasteiger partial charge in [-0.3, -0.25) is 9.48 Å². The maximum atomic E-state index is 13.3. The van der Waals surface area contributed by atoms with Crippen molar-refractivity contribution in [1.82, 2.24) is 14.7 Å². The van der Waals surface area contributed by atoms with E-state index in [9.17, 15) is 14.7 Å². The van der Waals surface area contributed by atoms with Crippen LogP contribution in [0.5, 0.6) is 5.75 Å². The second kappa shape index (κ2) is 9.62. The summed E-state index contributed by atoms with van der Waals surface area (Å²) in [7, 11) is 0. The Bertz CT molecular complexity index is 1460. The van der Waals surface area contributed by atoms with E-state index in [-0.39, 0.29) is 12.3 Å². The third-order valence-corrected chi connectivity index (χ3v) is 6.73. The smallest absolute Gasteiger partial charge is 0.336 e. The Morgan fingerprint density at radius 2 is 2.06 bits per heavy atom. The number of hydrogen-bond acceptors (Lipinski definition) is 6. The monoisotopic (exact) mass is 487 g/mol. The minimum absolute atomic E-state index is 0.0851. The molecular formula is C28H29N3O5. The minimum Gasteiger partial charge on any atom is -0.491 e. The summed E-state index contributed by atoms with van der Waals surface area (Å²) in [4.78, 5) is 27.2. The van der Waals surface area contributed by atoms with E-state index in [2.05, 4.69) is 5.10 Å². The number of amides is 1. The standard InChI is InChI=1S/C28H29N3O5/c1-19-4-6-23-20(17-27(33)36-25(23)14-19)16-26(32)30-12-13-35-24-7-5-22(15-21(24)18-30)28(2,34)8-11-31-10-3-9-29-31/h3-7,9-10,14-15,17,34H,8,11-13,16,18H2,1-2H3. The van der Waals surface area contributed by atoms with E-state index in [4.69, 9.17) is 9.15 Å². The minimum atomic E-state index is -1.07. The molecule has 1 aliphatic rings. The summed E-state index contributed by atoms with van der Waals surface area (Å²) in [6.07, 6.45) is 4.15. The number of rotatable bonds is 6. The number of nitrogens with zero attached hydrogens (tertiary/aromatic N) is 3. The average molecular weight is 488 g/mol. The molecule has 8 heteroatoms. The fourth-order valence-electron chi connectivity index (χ4n) is 4.61. The Morgan fingerprint density at radius 1 is 1.19 bits per heavy atom. The molecule has 1 unspecified atom stereocenters. The number of aryl methyl sites for hydroxylation is 2. The normalized spacial score (nSPS) is 15.1. The lowest BCUT2D eigenvalue weighted by molar-refractivity contribution is -0.131. The zero-order valence-electron chi connectivity index (χ0n) is 20.4. The van der Waals surface area contributed by atoms with Crippen molar-refractivity contribution in [3.63, 3.8) is 0 Å². The van der Waals surface area contributed by atoms with Crippen LogP contribution < -0.4 is 10.4 Å². The molecule has 4 aromatic rings. The van der Waals surface area contributed by atoms with Gasteiger partial charge in [-0.25, -0.2) is 4.79 Å². The van der Waals surface area contributed by atoms with Crippen LogP contribution in [0.4, 0.5) is 0 Å². The van der Waals surface area contributed by atoms with Gasteiger partial charge < -0.3 is 19.2 Å². The molecule has 2 aromatic carbocycles. The highest BCUT2D eigenvalue weighted by Gasteiger charge is 2.27. The zero-order valence-corrected chi connectivity index (χ0v) is 20.4. The van der Waals surface area contributed by atoms with Crippen molar-refractivity contribution in [3.05, 3.63) is 93.6 Å². The summed E-state index contributed by atoms with van der Waals surface area (Å²) >= 11 is 0. The summed E-state index contributed by atoms with van der Waals surface area (Å²) < 4.78 is 13.0. The van der Waals surface area contributed by atoms with Crippen LogP contribution in [-0.4, -0.2) is 38.8 Å². The number of carbonyl (C=O) groups is 1. The van der Waals surface area contributed by atoms with Gasteiger partial charge in [0.15, 0.2) is 0 Å². The van der Waals surface area contributed by atoms with E-state index < -0.39 is 11.2 Å². The highest BCUT2D eigenvalue weighted by molar-refractivity contribution is 5.87. The molecule has 1 atom stereocenters. The number of benzene rings is 2. The molecule has 2 aromatic heterocycles. The quantitative estimate of drug-likeness (QED) is 0.418. The number of hydrogen-bond donors (Lipinski definition) is 1. The van der Waals surface area contributed by atoms with Crippen LogP contribution in [0.3, 0.4) is 0 Å². The van der Waals surface area contributed by atoms with Gasteiger partial charge in [-0.2, -0.15) is 5.10 Å². The first-order valence-electron chi connectivity index (χ1n) is 12.1.